The van der Waals surface area contributed by atoms with Crippen LogP contribution >= 0.6 is 0 Å². The maximum absolute atomic E-state index is 10.9. The highest BCUT2D eigenvalue weighted by atomic mass is 16.7. The Morgan fingerprint density at radius 3 is 2.38 bits per heavy atom. The molecule has 0 spiro atoms. The lowest BCUT2D eigenvalue weighted by atomic mass is 10.1. The molecule has 0 saturated heterocycles. The van der Waals surface area contributed by atoms with E-state index < -0.39 is 6.16 Å². The first-order valence-corrected chi connectivity index (χ1v) is 6.24. The van der Waals surface area contributed by atoms with Gasteiger partial charge in [-0.3, -0.25) is 0 Å². The number of hydrogen-bond acceptors (Lipinski definition) is 4. The molecule has 0 radical (unpaired) electrons. The Hall–Kier alpha value is -3.08. The van der Waals surface area contributed by atoms with Gasteiger partial charge in [0.15, 0.2) is 11.5 Å². The minimum Gasteiger partial charge on any atom is -0.503 e. The Morgan fingerprint density at radius 2 is 1.67 bits per heavy atom. The number of carboxylic acid groups (broad SMARTS) is 1. The molecular formula is C16H11NO4. The standard InChI is InChI=1S/C16H11NO4/c18-14-13(10-6-2-1-3-7-10)17-12-9-5-4-8-11(12)15(14)21-16(19)20/h1-9,18H,(H,19,20). The highest BCUT2D eigenvalue weighted by Gasteiger charge is 2.18. The van der Waals surface area contributed by atoms with Gasteiger partial charge in [-0.25, -0.2) is 9.78 Å². The highest BCUT2D eigenvalue weighted by molar-refractivity contribution is 5.93. The van der Waals surface area contributed by atoms with Crippen LogP contribution in [0.2, 0.25) is 0 Å². The molecule has 2 aromatic carbocycles. The molecule has 1 aromatic heterocycles. The number of nitrogens with zero attached hydrogens (tertiary/aromatic N) is 1. The van der Waals surface area contributed by atoms with Crippen molar-refractivity contribution in [3.8, 4) is 22.8 Å². The van der Waals surface area contributed by atoms with Crippen LogP contribution in [-0.2, 0) is 0 Å². The van der Waals surface area contributed by atoms with E-state index in [0.717, 1.165) is 0 Å². The minimum absolute atomic E-state index is 0.105. The minimum atomic E-state index is -1.49. The molecule has 0 aliphatic heterocycles. The zero-order valence-electron chi connectivity index (χ0n) is 10.9. The topological polar surface area (TPSA) is 79.7 Å². The van der Waals surface area contributed by atoms with Gasteiger partial charge in [0.2, 0.25) is 0 Å². The largest absolute Gasteiger partial charge is 0.511 e. The van der Waals surface area contributed by atoms with Crippen LogP contribution < -0.4 is 4.74 Å². The van der Waals surface area contributed by atoms with E-state index in [9.17, 15) is 9.90 Å². The van der Waals surface area contributed by atoms with Gasteiger partial charge in [-0.15, -0.1) is 0 Å². The summed E-state index contributed by atoms with van der Waals surface area (Å²) in [7, 11) is 0. The van der Waals surface area contributed by atoms with E-state index in [1.807, 2.05) is 18.2 Å². The Bertz CT molecular complexity index is 815. The monoisotopic (exact) mass is 281 g/mol. The maximum atomic E-state index is 10.9. The molecular weight excluding hydrogens is 270 g/mol. The fraction of sp³-hybridized carbons (Fsp3) is 0. The van der Waals surface area contributed by atoms with Crippen molar-refractivity contribution in [2.45, 2.75) is 0 Å². The lowest BCUT2D eigenvalue weighted by molar-refractivity contribution is 0.143. The molecule has 0 unspecified atom stereocenters. The summed E-state index contributed by atoms with van der Waals surface area (Å²) in [6, 6.07) is 15.9. The molecule has 0 aliphatic carbocycles. The van der Waals surface area contributed by atoms with Gasteiger partial charge < -0.3 is 14.9 Å². The molecule has 3 rings (SSSR count). The van der Waals surface area contributed by atoms with Gasteiger partial charge in [-0.2, -0.15) is 0 Å². The summed E-state index contributed by atoms with van der Waals surface area (Å²) >= 11 is 0. The molecule has 5 nitrogen and oxygen atoms in total. The van der Waals surface area contributed by atoms with Crippen LogP contribution in [-0.4, -0.2) is 21.4 Å². The number of carbonyl (C=O) groups is 1. The molecule has 21 heavy (non-hydrogen) atoms. The number of fused-ring (bicyclic) bond motifs is 1. The van der Waals surface area contributed by atoms with E-state index in [2.05, 4.69) is 4.98 Å². The fourth-order valence-electron chi connectivity index (χ4n) is 2.16. The molecule has 5 heteroatoms. The van der Waals surface area contributed by atoms with E-state index in [0.29, 0.717) is 16.5 Å². The second-order valence-electron chi connectivity index (χ2n) is 4.39. The summed E-state index contributed by atoms with van der Waals surface area (Å²) in [5, 5.41) is 19.6. The maximum Gasteiger partial charge on any atom is 0.511 e. The number of ether oxygens (including phenoxy) is 1. The first-order chi connectivity index (χ1) is 10.2. The van der Waals surface area contributed by atoms with Gasteiger partial charge in [0.25, 0.3) is 0 Å². The van der Waals surface area contributed by atoms with Crippen LogP contribution in [0.5, 0.6) is 11.5 Å². The van der Waals surface area contributed by atoms with Gasteiger partial charge in [0, 0.05) is 10.9 Å². The average Bonchev–Trinajstić information content (AvgIpc) is 2.50. The van der Waals surface area contributed by atoms with Crippen molar-refractivity contribution in [1.29, 1.82) is 0 Å². The van der Waals surface area contributed by atoms with Gasteiger partial charge in [0.05, 0.1) is 5.52 Å². The highest BCUT2D eigenvalue weighted by Crippen LogP contribution is 2.40. The molecule has 1 heterocycles. The summed E-state index contributed by atoms with van der Waals surface area (Å²) in [5.74, 6) is -0.394. The lowest BCUT2D eigenvalue weighted by Gasteiger charge is -2.11. The molecule has 0 fully saturated rings. The van der Waals surface area contributed by atoms with Crippen molar-refractivity contribution < 1.29 is 19.7 Å². The Morgan fingerprint density at radius 1 is 1.00 bits per heavy atom. The fourth-order valence-corrected chi connectivity index (χ4v) is 2.16. The number of rotatable bonds is 2. The van der Waals surface area contributed by atoms with E-state index in [1.165, 1.54) is 0 Å². The molecule has 0 aliphatic rings. The number of para-hydroxylation sites is 1. The lowest BCUT2D eigenvalue weighted by Crippen LogP contribution is -2.04. The molecule has 0 bridgehead atoms. The first kappa shape index (κ1) is 12.9. The Balaban J connectivity index is 2.32. The van der Waals surface area contributed by atoms with Crippen LogP contribution in [0.4, 0.5) is 4.79 Å². The van der Waals surface area contributed by atoms with Crippen LogP contribution in [0, 0.1) is 0 Å². The molecule has 0 amide bonds. The van der Waals surface area contributed by atoms with E-state index in [1.54, 1.807) is 36.4 Å². The summed E-state index contributed by atoms with van der Waals surface area (Å²) in [6.45, 7) is 0. The van der Waals surface area contributed by atoms with Gasteiger partial charge >= 0.3 is 6.16 Å². The molecule has 2 N–H and O–H groups in total. The third kappa shape index (κ3) is 2.36. The third-order valence-corrected chi connectivity index (χ3v) is 3.06. The van der Waals surface area contributed by atoms with Crippen molar-refractivity contribution in [2.24, 2.45) is 0 Å². The van der Waals surface area contributed by atoms with Crippen molar-refractivity contribution in [1.82, 2.24) is 4.98 Å². The van der Waals surface area contributed by atoms with Gasteiger partial charge in [0.1, 0.15) is 5.69 Å². The average molecular weight is 281 g/mol. The van der Waals surface area contributed by atoms with Crippen LogP contribution in [0.15, 0.2) is 54.6 Å². The zero-order valence-corrected chi connectivity index (χ0v) is 10.9. The van der Waals surface area contributed by atoms with Crippen LogP contribution in [0.3, 0.4) is 0 Å². The molecule has 3 aromatic rings. The van der Waals surface area contributed by atoms with Crippen LogP contribution in [0.1, 0.15) is 0 Å². The van der Waals surface area contributed by atoms with Gasteiger partial charge in [-0.1, -0.05) is 42.5 Å². The smallest absolute Gasteiger partial charge is 0.503 e. The summed E-state index contributed by atoms with van der Waals surface area (Å²) in [6.07, 6.45) is -1.49. The van der Waals surface area contributed by atoms with Crippen molar-refractivity contribution >= 4 is 17.1 Å². The Labute approximate surface area is 120 Å². The van der Waals surface area contributed by atoms with Crippen LogP contribution in [0.25, 0.3) is 22.2 Å². The quantitative estimate of drug-likeness (QED) is 0.701. The molecule has 104 valence electrons. The normalized spacial score (nSPS) is 10.5. The van der Waals surface area contributed by atoms with E-state index in [4.69, 9.17) is 9.84 Å². The second kappa shape index (κ2) is 5.13. The molecule has 0 saturated carbocycles. The Kier molecular flexibility index (Phi) is 3.16. The van der Waals surface area contributed by atoms with Crippen molar-refractivity contribution in [3.63, 3.8) is 0 Å². The predicted molar refractivity (Wildman–Crippen MR) is 77.5 cm³/mol. The SMILES string of the molecule is O=C(O)Oc1c(O)c(-c2ccccc2)nc2ccccc12. The summed E-state index contributed by atoms with van der Waals surface area (Å²) in [4.78, 5) is 15.2. The first-order valence-electron chi connectivity index (χ1n) is 6.24. The number of pyridine rings is 1. The summed E-state index contributed by atoms with van der Waals surface area (Å²) in [5.41, 5.74) is 1.51. The second-order valence-corrected chi connectivity index (χ2v) is 4.39. The number of hydrogen-bond donors (Lipinski definition) is 2. The van der Waals surface area contributed by atoms with Gasteiger partial charge in [-0.05, 0) is 12.1 Å². The predicted octanol–water partition coefficient (Wildman–Crippen LogP) is 3.66. The third-order valence-electron chi connectivity index (χ3n) is 3.06. The number of benzene rings is 2. The number of aromatic nitrogens is 1. The van der Waals surface area contributed by atoms with Crippen molar-refractivity contribution in [2.75, 3.05) is 0 Å². The van der Waals surface area contributed by atoms with Crippen molar-refractivity contribution in [3.05, 3.63) is 54.6 Å². The van der Waals surface area contributed by atoms with E-state index in [-0.39, 0.29) is 17.2 Å². The number of aromatic hydroxyl groups is 1. The zero-order chi connectivity index (χ0) is 14.8. The van der Waals surface area contributed by atoms with E-state index >= 15 is 0 Å². The molecule has 0 atom stereocenters. The summed E-state index contributed by atoms with van der Waals surface area (Å²) < 4.78 is 4.75.